The molecule has 2 aromatic carbocycles. The second kappa shape index (κ2) is 8.09. The fourth-order valence-corrected chi connectivity index (χ4v) is 4.69. The largest absolute Gasteiger partial charge is 0.240 e. The van der Waals surface area contributed by atoms with E-state index in [-0.39, 0.29) is 16.3 Å². The van der Waals surface area contributed by atoms with Gasteiger partial charge in [0.2, 0.25) is 20.0 Å². The maximum atomic E-state index is 12.3. The molecule has 0 unspecified atom stereocenters. The third-order valence-electron chi connectivity index (χ3n) is 3.66. The Morgan fingerprint density at radius 3 is 2.08 bits per heavy atom. The van der Waals surface area contributed by atoms with Gasteiger partial charge in [-0.25, -0.2) is 26.3 Å². The van der Waals surface area contributed by atoms with E-state index in [9.17, 15) is 16.8 Å². The Labute approximate surface area is 149 Å². The average molecular weight is 383 g/mol. The van der Waals surface area contributed by atoms with Crippen molar-refractivity contribution in [2.45, 2.75) is 30.1 Å². The van der Waals surface area contributed by atoms with Gasteiger partial charge in [0.1, 0.15) is 0 Å². The zero-order valence-corrected chi connectivity index (χ0v) is 15.8. The minimum Gasteiger partial charge on any atom is -0.211 e. The van der Waals surface area contributed by atoms with E-state index in [2.05, 4.69) is 9.44 Å². The Hall–Kier alpha value is -1.74. The molecule has 0 fully saturated rings. The number of benzene rings is 2. The fourth-order valence-electron chi connectivity index (χ4n) is 2.37. The van der Waals surface area contributed by atoms with Crippen LogP contribution in [0.1, 0.15) is 18.1 Å². The zero-order valence-electron chi connectivity index (χ0n) is 14.2. The molecule has 8 heteroatoms. The highest BCUT2D eigenvalue weighted by molar-refractivity contribution is 7.89. The Balaban J connectivity index is 1.99. The normalized spacial score (nSPS) is 12.2. The summed E-state index contributed by atoms with van der Waals surface area (Å²) < 4.78 is 53.4. The molecule has 2 aromatic rings. The summed E-state index contributed by atoms with van der Waals surface area (Å²) in [5, 5.41) is 0. The van der Waals surface area contributed by atoms with Gasteiger partial charge in [0, 0.05) is 13.1 Å². The quantitative estimate of drug-likeness (QED) is 0.728. The third-order valence-corrected chi connectivity index (χ3v) is 6.84. The SMILES string of the molecule is CCNS(=O)(=O)c1ccc(CCNS(=O)(=O)c2ccccc2C)cc1. The molecule has 0 aliphatic rings. The van der Waals surface area contributed by atoms with Crippen molar-refractivity contribution in [3.8, 4) is 0 Å². The number of rotatable bonds is 8. The van der Waals surface area contributed by atoms with E-state index in [0.29, 0.717) is 18.5 Å². The molecule has 2 N–H and O–H groups in total. The molecule has 0 aromatic heterocycles. The van der Waals surface area contributed by atoms with E-state index >= 15 is 0 Å². The van der Waals surface area contributed by atoms with Crippen LogP contribution in [0.5, 0.6) is 0 Å². The number of nitrogens with one attached hydrogen (secondary N) is 2. The van der Waals surface area contributed by atoms with Crippen LogP contribution in [0, 0.1) is 6.92 Å². The van der Waals surface area contributed by atoms with E-state index in [0.717, 1.165) is 5.56 Å². The fraction of sp³-hybridized carbons (Fsp3) is 0.294. The molecule has 0 atom stereocenters. The topological polar surface area (TPSA) is 92.3 Å². The highest BCUT2D eigenvalue weighted by Crippen LogP contribution is 2.14. The van der Waals surface area contributed by atoms with Gasteiger partial charge < -0.3 is 0 Å². The lowest BCUT2D eigenvalue weighted by atomic mass is 10.2. The smallest absolute Gasteiger partial charge is 0.211 e. The average Bonchev–Trinajstić information content (AvgIpc) is 2.55. The second-order valence-electron chi connectivity index (χ2n) is 5.56. The van der Waals surface area contributed by atoms with Gasteiger partial charge in [0.15, 0.2) is 0 Å². The van der Waals surface area contributed by atoms with E-state index in [1.165, 1.54) is 12.1 Å². The standard InChI is InChI=1S/C17H22N2O4S2/c1-3-18-24(20,21)16-10-8-15(9-11-16)12-13-19-25(22,23)17-7-5-4-6-14(17)2/h4-11,18-19H,3,12-13H2,1-2H3. The van der Waals surface area contributed by atoms with Crippen LogP contribution in [0.3, 0.4) is 0 Å². The Morgan fingerprint density at radius 1 is 0.840 bits per heavy atom. The van der Waals surface area contributed by atoms with Crippen molar-refractivity contribution in [3.05, 3.63) is 59.7 Å². The molecule has 0 radical (unpaired) electrons. The Kier molecular flexibility index (Phi) is 6.34. The second-order valence-corrected chi connectivity index (χ2v) is 9.06. The first-order chi connectivity index (χ1) is 11.8. The van der Waals surface area contributed by atoms with Gasteiger partial charge in [-0.15, -0.1) is 0 Å². The maximum absolute atomic E-state index is 12.3. The summed E-state index contributed by atoms with van der Waals surface area (Å²) >= 11 is 0. The van der Waals surface area contributed by atoms with Crippen LogP contribution in [0.2, 0.25) is 0 Å². The van der Waals surface area contributed by atoms with Crippen molar-refractivity contribution in [1.29, 1.82) is 0 Å². The summed E-state index contributed by atoms with van der Waals surface area (Å²) in [6, 6.07) is 13.2. The van der Waals surface area contributed by atoms with Gasteiger partial charge >= 0.3 is 0 Å². The first-order valence-corrected chi connectivity index (χ1v) is 10.9. The first kappa shape index (κ1) is 19.6. The molecular formula is C17H22N2O4S2. The van der Waals surface area contributed by atoms with Gasteiger partial charge in [-0.05, 0) is 42.7 Å². The van der Waals surface area contributed by atoms with E-state index in [4.69, 9.17) is 0 Å². The summed E-state index contributed by atoms with van der Waals surface area (Å²) in [7, 11) is -7.03. The predicted octanol–water partition coefficient (Wildman–Crippen LogP) is 1.81. The monoisotopic (exact) mass is 382 g/mol. The first-order valence-electron chi connectivity index (χ1n) is 7.90. The molecule has 0 spiro atoms. The van der Waals surface area contributed by atoms with Crippen molar-refractivity contribution in [1.82, 2.24) is 9.44 Å². The van der Waals surface area contributed by atoms with E-state index in [1.54, 1.807) is 50.2 Å². The summed E-state index contributed by atoms with van der Waals surface area (Å²) in [6.07, 6.45) is 0.465. The van der Waals surface area contributed by atoms with Gasteiger partial charge in [-0.1, -0.05) is 37.3 Å². The summed E-state index contributed by atoms with van der Waals surface area (Å²) in [5.74, 6) is 0. The van der Waals surface area contributed by atoms with Crippen molar-refractivity contribution >= 4 is 20.0 Å². The molecule has 0 heterocycles. The molecule has 0 saturated carbocycles. The van der Waals surface area contributed by atoms with Crippen LogP contribution < -0.4 is 9.44 Å². The summed E-state index contributed by atoms with van der Waals surface area (Å²) in [5.41, 5.74) is 1.54. The van der Waals surface area contributed by atoms with E-state index < -0.39 is 20.0 Å². The Bertz CT molecular complexity index is 921. The minimum atomic E-state index is -3.56. The van der Waals surface area contributed by atoms with Gasteiger partial charge in [-0.3, -0.25) is 0 Å². The molecule has 0 aliphatic carbocycles. The van der Waals surface area contributed by atoms with Crippen molar-refractivity contribution in [2.75, 3.05) is 13.1 Å². The van der Waals surface area contributed by atoms with Crippen LogP contribution in [0.4, 0.5) is 0 Å². The highest BCUT2D eigenvalue weighted by Gasteiger charge is 2.16. The predicted molar refractivity (Wildman–Crippen MR) is 97.4 cm³/mol. The number of hydrogen-bond donors (Lipinski definition) is 2. The van der Waals surface area contributed by atoms with Crippen molar-refractivity contribution in [3.63, 3.8) is 0 Å². The molecule has 0 saturated heterocycles. The molecule has 0 amide bonds. The lowest BCUT2D eigenvalue weighted by Gasteiger charge is -2.09. The zero-order chi connectivity index (χ0) is 18.5. The molecule has 0 aliphatic heterocycles. The molecule has 136 valence electrons. The van der Waals surface area contributed by atoms with Crippen LogP contribution >= 0.6 is 0 Å². The van der Waals surface area contributed by atoms with Crippen molar-refractivity contribution < 1.29 is 16.8 Å². The van der Waals surface area contributed by atoms with Gasteiger partial charge in [0.05, 0.1) is 9.79 Å². The summed E-state index contributed by atoms with van der Waals surface area (Å²) in [4.78, 5) is 0.459. The van der Waals surface area contributed by atoms with Gasteiger partial charge in [-0.2, -0.15) is 0 Å². The number of hydrogen-bond acceptors (Lipinski definition) is 4. The van der Waals surface area contributed by atoms with Gasteiger partial charge in [0.25, 0.3) is 0 Å². The maximum Gasteiger partial charge on any atom is 0.240 e. The molecule has 2 rings (SSSR count). The number of aryl methyl sites for hydroxylation is 1. The van der Waals surface area contributed by atoms with E-state index in [1.807, 2.05) is 0 Å². The lowest BCUT2D eigenvalue weighted by molar-refractivity contribution is 0.580. The third kappa shape index (κ3) is 5.12. The highest BCUT2D eigenvalue weighted by atomic mass is 32.2. The molecular weight excluding hydrogens is 360 g/mol. The van der Waals surface area contributed by atoms with Crippen LogP contribution in [-0.2, 0) is 26.5 Å². The van der Waals surface area contributed by atoms with Crippen LogP contribution in [0.15, 0.2) is 58.3 Å². The molecule has 0 bridgehead atoms. The lowest BCUT2D eigenvalue weighted by Crippen LogP contribution is -2.26. The van der Waals surface area contributed by atoms with Crippen LogP contribution in [-0.4, -0.2) is 29.9 Å². The Morgan fingerprint density at radius 2 is 1.48 bits per heavy atom. The summed E-state index contributed by atoms with van der Waals surface area (Å²) in [6.45, 7) is 4.02. The molecule has 25 heavy (non-hydrogen) atoms. The van der Waals surface area contributed by atoms with Crippen LogP contribution in [0.25, 0.3) is 0 Å². The minimum absolute atomic E-state index is 0.193. The molecule has 6 nitrogen and oxygen atoms in total. The number of sulfonamides is 2. The van der Waals surface area contributed by atoms with Crippen molar-refractivity contribution in [2.24, 2.45) is 0 Å².